The highest BCUT2D eigenvalue weighted by atomic mass is 79.9. The molecule has 0 bridgehead atoms. The second-order valence-electron chi connectivity index (χ2n) is 5.06. The summed E-state index contributed by atoms with van der Waals surface area (Å²) in [4.78, 5) is 11.9. The summed E-state index contributed by atoms with van der Waals surface area (Å²) in [6, 6.07) is 4.15. The van der Waals surface area contributed by atoms with Gasteiger partial charge in [0.25, 0.3) is 0 Å². The van der Waals surface area contributed by atoms with Gasteiger partial charge in [0.05, 0.1) is 18.4 Å². The SMILES string of the molecule is COC(=O)c1cc(Br)cc(Br)c1NC1CCC(C)C1. The number of carbonyl (C=O) groups is 1. The minimum absolute atomic E-state index is 0.324. The molecule has 0 heterocycles. The molecule has 0 amide bonds. The fraction of sp³-hybridized carbons (Fsp3) is 0.500. The van der Waals surface area contributed by atoms with E-state index >= 15 is 0 Å². The third-order valence-corrected chi connectivity index (χ3v) is 4.59. The minimum atomic E-state index is -0.324. The second kappa shape index (κ2) is 6.27. The maximum absolute atomic E-state index is 11.9. The van der Waals surface area contributed by atoms with E-state index in [1.54, 1.807) is 6.07 Å². The van der Waals surface area contributed by atoms with E-state index in [-0.39, 0.29) is 5.97 Å². The molecule has 5 heteroatoms. The number of anilines is 1. The van der Waals surface area contributed by atoms with E-state index in [0.29, 0.717) is 11.6 Å². The number of ether oxygens (including phenoxy) is 1. The first-order valence-corrected chi connectivity index (χ1v) is 7.93. The summed E-state index contributed by atoms with van der Waals surface area (Å²) in [7, 11) is 1.40. The molecular formula is C14H17Br2NO2. The average molecular weight is 391 g/mol. The molecule has 104 valence electrons. The van der Waals surface area contributed by atoms with E-state index < -0.39 is 0 Å². The number of halogens is 2. The lowest BCUT2D eigenvalue weighted by Crippen LogP contribution is -2.18. The lowest BCUT2D eigenvalue weighted by Gasteiger charge is -2.18. The van der Waals surface area contributed by atoms with Gasteiger partial charge in [-0.25, -0.2) is 4.79 Å². The summed E-state index contributed by atoms with van der Waals surface area (Å²) >= 11 is 6.92. The molecule has 19 heavy (non-hydrogen) atoms. The van der Waals surface area contributed by atoms with Crippen LogP contribution in [0.1, 0.15) is 36.5 Å². The third-order valence-electron chi connectivity index (χ3n) is 3.50. The van der Waals surface area contributed by atoms with Crippen molar-refractivity contribution >= 4 is 43.5 Å². The predicted octanol–water partition coefficient (Wildman–Crippen LogP) is 4.60. The van der Waals surface area contributed by atoms with Crippen LogP contribution in [0.25, 0.3) is 0 Å². The van der Waals surface area contributed by atoms with Crippen molar-refractivity contribution in [3.05, 3.63) is 26.6 Å². The lowest BCUT2D eigenvalue weighted by molar-refractivity contribution is 0.0601. The summed E-state index contributed by atoms with van der Waals surface area (Å²) in [5, 5.41) is 3.48. The molecule has 2 unspecified atom stereocenters. The van der Waals surface area contributed by atoms with E-state index in [2.05, 4.69) is 44.1 Å². The normalized spacial score (nSPS) is 22.3. The Labute approximate surface area is 130 Å². The molecule has 3 nitrogen and oxygen atoms in total. The predicted molar refractivity (Wildman–Crippen MR) is 83.6 cm³/mol. The van der Waals surface area contributed by atoms with Crippen LogP contribution < -0.4 is 5.32 Å². The molecule has 2 atom stereocenters. The van der Waals surface area contributed by atoms with Crippen LogP contribution in [0.15, 0.2) is 21.1 Å². The highest BCUT2D eigenvalue weighted by molar-refractivity contribution is 9.11. The van der Waals surface area contributed by atoms with Crippen LogP contribution in [0.3, 0.4) is 0 Å². The lowest BCUT2D eigenvalue weighted by atomic mass is 10.1. The van der Waals surface area contributed by atoms with Gasteiger partial charge in [0, 0.05) is 15.0 Å². The Bertz CT molecular complexity index is 491. The monoisotopic (exact) mass is 389 g/mol. The van der Waals surface area contributed by atoms with E-state index in [9.17, 15) is 4.79 Å². The van der Waals surface area contributed by atoms with Crippen molar-refractivity contribution in [3.63, 3.8) is 0 Å². The molecule has 1 aromatic carbocycles. The van der Waals surface area contributed by atoms with Crippen molar-refractivity contribution in [2.45, 2.75) is 32.2 Å². The van der Waals surface area contributed by atoms with Crippen molar-refractivity contribution in [1.82, 2.24) is 0 Å². The van der Waals surface area contributed by atoms with Gasteiger partial charge >= 0.3 is 5.97 Å². The number of carbonyl (C=O) groups excluding carboxylic acids is 1. The summed E-state index contributed by atoms with van der Waals surface area (Å²) in [6.45, 7) is 2.26. The van der Waals surface area contributed by atoms with Crippen molar-refractivity contribution in [1.29, 1.82) is 0 Å². The molecule has 1 fully saturated rings. The Balaban J connectivity index is 2.29. The zero-order valence-corrected chi connectivity index (χ0v) is 14.2. The molecule has 2 rings (SSSR count). The first kappa shape index (κ1) is 14.9. The van der Waals surface area contributed by atoms with E-state index in [1.165, 1.54) is 13.5 Å². The minimum Gasteiger partial charge on any atom is -0.465 e. The van der Waals surface area contributed by atoms with Crippen molar-refractivity contribution in [2.24, 2.45) is 5.92 Å². The van der Waals surface area contributed by atoms with Crippen LogP contribution in [0.2, 0.25) is 0 Å². The Kier molecular flexibility index (Phi) is 4.90. The maximum atomic E-state index is 11.9. The highest BCUT2D eigenvalue weighted by Gasteiger charge is 2.24. The number of esters is 1. The number of hydrogen-bond donors (Lipinski definition) is 1. The van der Waals surface area contributed by atoms with Gasteiger partial charge in [0.1, 0.15) is 0 Å². The Morgan fingerprint density at radius 3 is 2.68 bits per heavy atom. The van der Waals surface area contributed by atoms with Gasteiger partial charge in [-0.15, -0.1) is 0 Å². The van der Waals surface area contributed by atoms with Crippen molar-refractivity contribution < 1.29 is 9.53 Å². The standard InChI is InChI=1S/C14H17Br2NO2/c1-8-3-4-10(5-8)17-13-11(14(18)19-2)6-9(15)7-12(13)16/h6-8,10,17H,3-5H2,1-2H3. The summed E-state index contributed by atoms with van der Waals surface area (Å²) < 4.78 is 6.58. The van der Waals surface area contributed by atoms with Gasteiger partial charge in [-0.05, 0) is 53.2 Å². The van der Waals surface area contributed by atoms with Crippen LogP contribution in [0.5, 0.6) is 0 Å². The van der Waals surface area contributed by atoms with Crippen LogP contribution >= 0.6 is 31.9 Å². The van der Waals surface area contributed by atoms with E-state index in [4.69, 9.17) is 4.74 Å². The first-order chi connectivity index (χ1) is 9.01. The number of methoxy groups -OCH3 is 1. The van der Waals surface area contributed by atoms with Crippen molar-refractivity contribution in [3.8, 4) is 0 Å². The number of nitrogens with one attached hydrogen (secondary N) is 1. The van der Waals surface area contributed by atoms with Gasteiger partial charge in [-0.3, -0.25) is 0 Å². The Morgan fingerprint density at radius 1 is 1.37 bits per heavy atom. The van der Waals surface area contributed by atoms with E-state index in [1.807, 2.05) is 6.07 Å². The summed E-state index contributed by atoms with van der Waals surface area (Å²) in [5.41, 5.74) is 1.39. The maximum Gasteiger partial charge on any atom is 0.340 e. The summed E-state index contributed by atoms with van der Waals surface area (Å²) in [5.74, 6) is 0.420. The Hall–Kier alpha value is -0.550. The zero-order valence-electron chi connectivity index (χ0n) is 11.0. The zero-order chi connectivity index (χ0) is 14.0. The second-order valence-corrected chi connectivity index (χ2v) is 6.83. The fourth-order valence-corrected chi connectivity index (χ4v) is 3.87. The van der Waals surface area contributed by atoms with Crippen molar-refractivity contribution in [2.75, 3.05) is 12.4 Å². The summed E-state index contributed by atoms with van der Waals surface area (Å²) in [6.07, 6.45) is 3.52. The molecule has 0 aliphatic heterocycles. The topological polar surface area (TPSA) is 38.3 Å². The molecule has 1 N–H and O–H groups in total. The molecule has 0 aromatic heterocycles. The van der Waals surface area contributed by atoms with Gasteiger partial charge < -0.3 is 10.1 Å². The quantitative estimate of drug-likeness (QED) is 0.766. The third kappa shape index (κ3) is 3.51. The van der Waals surface area contributed by atoms with Crippen LogP contribution in [-0.4, -0.2) is 19.1 Å². The smallest absolute Gasteiger partial charge is 0.340 e. The van der Waals surface area contributed by atoms with Gasteiger partial charge in [0.2, 0.25) is 0 Å². The Morgan fingerprint density at radius 2 is 2.11 bits per heavy atom. The first-order valence-electron chi connectivity index (χ1n) is 6.35. The average Bonchev–Trinajstić information content (AvgIpc) is 2.77. The van der Waals surface area contributed by atoms with Crippen LogP contribution in [0.4, 0.5) is 5.69 Å². The molecule has 0 spiro atoms. The van der Waals surface area contributed by atoms with Gasteiger partial charge in [0.15, 0.2) is 0 Å². The molecule has 1 aliphatic rings. The number of benzene rings is 1. The molecule has 0 saturated heterocycles. The molecule has 1 saturated carbocycles. The number of hydrogen-bond acceptors (Lipinski definition) is 3. The molecular weight excluding hydrogens is 374 g/mol. The molecule has 0 radical (unpaired) electrons. The van der Waals surface area contributed by atoms with Crippen LogP contribution in [0, 0.1) is 5.92 Å². The van der Waals surface area contributed by atoms with Gasteiger partial charge in [-0.1, -0.05) is 22.9 Å². The largest absolute Gasteiger partial charge is 0.465 e. The van der Waals surface area contributed by atoms with Gasteiger partial charge in [-0.2, -0.15) is 0 Å². The molecule has 1 aromatic rings. The van der Waals surface area contributed by atoms with E-state index in [0.717, 1.165) is 33.4 Å². The fourth-order valence-electron chi connectivity index (χ4n) is 2.53. The molecule has 1 aliphatic carbocycles. The number of rotatable bonds is 3. The highest BCUT2D eigenvalue weighted by Crippen LogP contribution is 2.35. The van der Waals surface area contributed by atoms with Crippen LogP contribution in [-0.2, 0) is 4.74 Å².